The molecule has 2 N–H and O–H groups in total. The zero-order chi connectivity index (χ0) is 16.1. The molecule has 0 aromatic heterocycles. The van der Waals surface area contributed by atoms with Crippen molar-refractivity contribution in [2.45, 2.75) is 26.5 Å². The van der Waals surface area contributed by atoms with Crippen LogP contribution >= 0.6 is 0 Å². The summed E-state index contributed by atoms with van der Waals surface area (Å²) in [5.41, 5.74) is 1.59. The Morgan fingerprint density at radius 1 is 1.18 bits per heavy atom. The molecule has 0 radical (unpaired) electrons. The number of aliphatic hydroxyl groups excluding tert-OH is 1. The van der Waals surface area contributed by atoms with Gasteiger partial charge in [-0.15, -0.1) is 0 Å². The molecule has 0 amide bonds. The van der Waals surface area contributed by atoms with Gasteiger partial charge in [0.05, 0.1) is 19.3 Å². The Hall–Kier alpha value is -2.14. The monoisotopic (exact) mass is 307 g/mol. The molecular weight excluding hydrogens is 288 g/mol. The fourth-order valence-electron chi connectivity index (χ4n) is 2.26. The van der Waals surface area contributed by atoms with Crippen molar-refractivity contribution in [1.29, 1.82) is 0 Å². The largest absolute Gasteiger partial charge is 0.494 e. The molecule has 0 aliphatic carbocycles. The lowest BCUT2D eigenvalue weighted by Crippen LogP contribution is -2.09. The number of anilines is 1. The van der Waals surface area contributed by atoms with Gasteiger partial charge in [0, 0.05) is 16.8 Å². The summed E-state index contributed by atoms with van der Waals surface area (Å²) in [5, 5.41) is 12.5. The topological polar surface area (TPSA) is 41.5 Å². The lowest BCUT2D eigenvalue weighted by molar-refractivity contribution is 0.267. The van der Waals surface area contributed by atoms with Crippen LogP contribution in [0, 0.1) is 11.6 Å². The Balaban J connectivity index is 2.21. The van der Waals surface area contributed by atoms with E-state index in [-0.39, 0.29) is 12.2 Å². The summed E-state index contributed by atoms with van der Waals surface area (Å²) < 4.78 is 32.4. The summed E-state index contributed by atoms with van der Waals surface area (Å²) in [6.45, 7) is 3.95. The van der Waals surface area contributed by atoms with E-state index in [1.54, 1.807) is 25.1 Å². The smallest absolute Gasteiger partial charge is 0.128 e. The molecule has 0 heterocycles. The van der Waals surface area contributed by atoms with Gasteiger partial charge in [-0.25, -0.2) is 8.78 Å². The first-order valence-electron chi connectivity index (χ1n) is 7.13. The second kappa shape index (κ2) is 7.22. The predicted molar refractivity (Wildman–Crippen MR) is 81.9 cm³/mol. The highest BCUT2D eigenvalue weighted by Gasteiger charge is 2.13. The molecule has 3 nitrogen and oxygen atoms in total. The number of rotatable bonds is 6. The van der Waals surface area contributed by atoms with Crippen molar-refractivity contribution in [2.75, 3.05) is 11.9 Å². The van der Waals surface area contributed by atoms with Crippen LogP contribution in [0.1, 0.15) is 31.0 Å². The summed E-state index contributed by atoms with van der Waals surface area (Å²) in [6.07, 6.45) is 0. The second-order valence-corrected chi connectivity index (χ2v) is 4.95. The number of halogens is 2. The van der Waals surface area contributed by atoms with E-state index in [0.29, 0.717) is 23.6 Å². The van der Waals surface area contributed by atoms with Crippen molar-refractivity contribution in [2.24, 2.45) is 0 Å². The Morgan fingerprint density at radius 3 is 2.64 bits per heavy atom. The number of benzene rings is 2. The Labute approximate surface area is 128 Å². The SMILES string of the molecule is CCOc1ccc(N[C@H](C)c2cc(F)ccc2F)cc1CO. The van der Waals surface area contributed by atoms with Gasteiger partial charge in [-0.1, -0.05) is 0 Å². The summed E-state index contributed by atoms with van der Waals surface area (Å²) in [6, 6.07) is 8.21. The van der Waals surface area contributed by atoms with E-state index in [1.165, 1.54) is 6.07 Å². The first-order valence-corrected chi connectivity index (χ1v) is 7.13. The van der Waals surface area contributed by atoms with E-state index >= 15 is 0 Å². The average molecular weight is 307 g/mol. The average Bonchev–Trinajstić information content (AvgIpc) is 2.51. The molecule has 0 aliphatic rings. The number of nitrogens with one attached hydrogen (secondary N) is 1. The van der Waals surface area contributed by atoms with Crippen LogP contribution in [0.25, 0.3) is 0 Å². The first-order chi connectivity index (χ1) is 10.5. The van der Waals surface area contributed by atoms with E-state index in [9.17, 15) is 13.9 Å². The first kappa shape index (κ1) is 16.2. The summed E-state index contributed by atoms with van der Waals surface area (Å²) in [4.78, 5) is 0. The van der Waals surface area contributed by atoms with Crippen LogP contribution in [-0.2, 0) is 6.61 Å². The highest BCUT2D eigenvalue weighted by Crippen LogP contribution is 2.27. The molecule has 0 spiro atoms. The Bertz CT molecular complexity index is 647. The van der Waals surface area contributed by atoms with Crippen molar-refractivity contribution >= 4 is 5.69 Å². The van der Waals surface area contributed by atoms with Crippen molar-refractivity contribution < 1.29 is 18.6 Å². The number of ether oxygens (including phenoxy) is 1. The second-order valence-electron chi connectivity index (χ2n) is 4.95. The molecule has 5 heteroatoms. The summed E-state index contributed by atoms with van der Waals surface area (Å²) >= 11 is 0. The molecule has 0 fully saturated rings. The van der Waals surface area contributed by atoms with Crippen LogP contribution in [-0.4, -0.2) is 11.7 Å². The molecule has 0 unspecified atom stereocenters. The van der Waals surface area contributed by atoms with E-state index in [0.717, 1.165) is 12.1 Å². The fraction of sp³-hybridized carbons (Fsp3) is 0.294. The molecule has 1 atom stereocenters. The minimum Gasteiger partial charge on any atom is -0.494 e. The molecule has 0 saturated carbocycles. The zero-order valence-corrected chi connectivity index (χ0v) is 12.6. The maximum atomic E-state index is 13.8. The molecule has 0 aliphatic heterocycles. The zero-order valence-electron chi connectivity index (χ0n) is 12.6. The van der Waals surface area contributed by atoms with Crippen LogP contribution in [0.3, 0.4) is 0 Å². The predicted octanol–water partition coefficient (Wildman–Crippen LogP) is 4.03. The third kappa shape index (κ3) is 3.74. The van der Waals surface area contributed by atoms with Crippen molar-refractivity contribution in [3.63, 3.8) is 0 Å². The maximum absolute atomic E-state index is 13.8. The number of hydrogen-bond donors (Lipinski definition) is 2. The van der Waals surface area contributed by atoms with Gasteiger partial charge in [-0.3, -0.25) is 0 Å². The van der Waals surface area contributed by atoms with Gasteiger partial charge in [-0.2, -0.15) is 0 Å². The van der Waals surface area contributed by atoms with Crippen molar-refractivity contribution in [3.8, 4) is 5.75 Å². The maximum Gasteiger partial charge on any atom is 0.128 e. The molecule has 118 valence electrons. The van der Waals surface area contributed by atoms with Crippen molar-refractivity contribution in [3.05, 3.63) is 59.2 Å². The summed E-state index contributed by atoms with van der Waals surface area (Å²) in [5.74, 6) is -0.331. The Kier molecular flexibility index (Phi) is 5.33. The minimum absolute atomic E-state index is 0.159. The molecule has 2 aromatic carbocycles. The van der Waals surface area contributed by atoms with Gasteiger partial charge < -0.3 is 15.2 Å². The number of hydrogen-bond acceptors (Lipinski definition) is 3. The molecule has 22 heavy (non-hydrogen) atoms. The van der Waals surface area contributed by atoms with Crippen LogP contribution in [0.5, 0.6) is 5.75 Å². The molecule has 0 bridgehead atoms. The van der Waals surface area contributed by atoms with Gasteiger partial charge in [0.15, 0.2) is 0 Å². The molecule has 2 aromatic rings. The van der Waals surface area contributed by atoms with Crippen LogP contribution in [0.4, 0.5) is 14.5 Å². The van der Waals surface area contributed by atoms with Gasteiger partial charge >= 0.3 is 0 Å². The Morgan fingerprint density at radius 2 is 1.95 bits per heavy atom. The minimum atomic E-state index is -0.479. The van der Waals surface area contributed by atoms with Crippen molar-refractivity contribution in [1.82, 2.24) is 0 Å². The molecular formula is C17H19F2NO2. The third-order valence-corrected chi connectivity index (χ3v) is 3.34. The quantitative estimate of drug-likeness (QED) is 0.846. The van der Waals surface area contributed by atoms with E-state index < -0.39 is 17.7 Å². The van der Waals surface area contributed by atoms with Gasteiger partial charge in [0.25, 0.3) is 0 Å². The molecule has 2 rings (SSSR count). The normalized spacial score (nSPS) is 12.0. The molecule has 0 saturated heterocycles. The van der Waals surface area contributed by atoms with Crippen LogP contribution in [0.2, 0.25) is 0 Å². The lowest BCUT2D eigenvalue weighted by Gasteiger charge is -2.18. The van der Waals surface area contributed by atoms with E-state index in [4.69, 9.17) is 4.74 Å². The number of aliphatic hydroxyl groups is 1. The lowest BCUT2D eigenvalue weighted by atomic mass is 10.1. The fourth-order valence-corrected chi connectivity index (χ4v) is 2.26. The van der Waals surface area contributed by atoms with Gasteiger partial charge in [0.1, 0.15) is 17.4 Å². The van der Waals surface area contributed by atoms with Gasteiger partial charge in [0.2, 0.25) is 0 Å². The summed E-state index contributed by atoms with van der Waals surface area (Å²) in [7, 11) is 0. The van der Waals surface area contributed by atoms with Crippen LogP contribution < -0.4 is 10.1 Å². The highest BCUT2D eigenvalue weighted by atomic mass is 19.1. The van der Waals surface area contributed by atoms with E-state index in [2.05, 4.69) is 5.32 Å². The van der Waals surface area contributed by atoms with Gasteiger partial charge in [-0.05, 0) is 50.2 Å². The third-order valence-electron chi connectivity index (χ3n) is 3.34. The highest BCUT2D eigenvalue weighted by molar-refractivity contribution is 5.52. The van der Waals surface area contributed by atoms with E-state index in [1.807, 2.05) is 6.92 Å². The standard InChI is InChI=1S/C17H19F2NO2/c1-3-22-17-7-5-14(8-12(17)10-21)20-11(2)15-9-13(18)4-6-16(15)19/h4-9,11,20-21H,3,10H2,1-2H3/t11-/m1/s1. The van der Waals surface area contributed by atoms with Crippen LogP contribution in [0.15, 0.2) is 36.4 Å².